The number of hydrogen-bond donors (Lipinski definition) is 1. The largest absolute Gasteiger partial charge is 0.378 e. The molecule has 114 valence electrons. The number of nitrogens with one attached hydrogen (secondary N) is 1. The Morgan fingerprint density at radius 2 is 1.76 bits per heavy atom. The maximum Gasteiger partial charge on any atom is 0.251 e. The molecule has 21 heavy (non-hydrogen) atoms. The highest BCUT2D eigenvalue weighted by atomic mass is 16.2. The number of nitrogens with zero attached hydrogens (tertiary/aromatic N) is 2. The van der Waals surface area contributed by atoms with Crippen LogP contribution in [0.5, 0.6) is 0 Å². The molecule has 0 aliphatic carbocycles. The van der Waals surface area contributed by atoms with Crippen LogP contribution in [0.25, 0.3) is 0 Å². The molecular formula is C16H23N3O2. The van der Waals surface area contributed by atoms with Crippen molar-refractivity contribution in [2.24, 2.45) is 0 Å². The van der Waals surface area contributed by atoms with Crippen molar-refractivity contribution < 1.29 is 9.59 Å². The van der Waals surface area contributed by atoms with E-state index in [1.807, 2.05) is 36.0 Å². The lowest BCUT2D eigenvalue weighted by Crippen LogP contribution is -2.32. The van der Waals surface area contributed by atoms with Crippen molar-refractivity contribution in [2.45, 2.75) is 19.3 Å². The van der Waals surface area contributed by atoms with E-state index in [0.29, 0.717) is 18.5 Å². The van der Waals surface area contributed by atoms with Gasteiger partial charge in [0.2, 0.25) is 5.91 Å². The van der Waals surface area contributed by atoms with E-state index in [1.54, 1.807) is 12.1 Å². The molecule has 1 aliphatic rings. The van der Waals surface area contributed by atoms with Gasteiger partial charge in [0.25, 0.3) is 5.91 Å². The van der Waals surface area contributed by atoms with Crippen molar-refractivity contribution in [3.63, 3.8) is 0 Å². The minimum Gasteiger partial charge on any atom is -0.378 e. The maximum absolute atomic E-state index is 12.0. The quantitative estimate of drug-likeness (QED) is 0.893. The van der Waals surface area contributed by atoms with Crippen molar-refractivity contribution >= 4 is 17.5 Å². The van der Waals surface area contributed by atoms with Crippen LogP contribution in [0, 0.1) is 0 Å². The van der Waals surface area contributed by atoms with Gasteiger partial charge in [-0.3, -0.25) is 9.59 Å². The third-order valence-electron chi connectivity index (χ3n) is 3.73. The maximum atomic E-state index is 12.0. The van der Waals surface area contributed by atoms with E-state index in [4.69, 9.17) is 0 Å². The summed E-state index contributed by atoms with van der Waals surface area (Å²) in [5.41, 5.74) is 1.67. The fourth-order valence-corrected chi connectivity index (χ4v) is 2.42. The number of hydrogen-bond acceptors (Lipinski definition) is 3. The number of carbonyl (C=O) groups excluding carboxylic acids is 2. The summed E-state index contributed by atoms with van der Waals surface area (Å²) in [6.07, 6.45) is 2.56. The summed E-state index contributed by atoms with van der Waals surface area (Å²) < 4.78 is 0. The third kappa shape index (κ3) is 4.21. The van der Waals surface area contributed by atoms with Crippen molar-refractivity contribution in [1.82, 2.24) is 10.2 Å². The van der Waals surface area contributed by atoms with Crippen LogP contribution in [0.2, 0.25) is 0 Å². The Bertz CT molecular complexity index is 491. The fourth-order valence-electron chi connectivity index (χ4n) is 2.42. The highest BCUT2D eigenvalue weighted by molar-refractivity contribution is 5.94. The second-order valence-electron chi connectivity index (χ2n) is 5.54. The van der Waals surface area contributed by atoms with Gasteiger partial charge in [0.05, 0.1) is 0 Å². The minimum atomic E-state index is -0.130. The van der Waals surface area contributed by atoms with Gasteiger partial charge in [-0.1, -0.05) is 0 Å². The molecule has 5 nitrogen and oxygen atoms in total. The van der Waals surface area contributed by atoms with Crippen molar-refractivity contribution in [3.05, 3.63) is 29.8 Å². The molecule has 0 aromatic heterocycles. The van der Waals surface area contributed by atoms with Crippen LogP contribution in [-0.4, -0.2) is 50.4 Å². The number of benzene rings is 1. The number of amides is 2. The SMILES string of the molecule is CN(C)c1ccc(C(=O)NCCC(=O)N2CCCC2)cc1. The predicted octanol–water partition coefficient (Wildman–Crippen LogP) is 1.49. The van der Waals surface area contributed by atoms with Crippen LogP contribution in [0.1, 0.15) is 29.6 Å². The Kier molecular flexibility index (Phi) is 5.20. The lowest BCUT2D eigenvalue weighted by atomic mass is 10.2. The normalized spacial score (nSPS) is 14.1. The molecule has 0 radical (unpaired) electrons. The third-order valence-corrected chi connectivity index (χ3v) is 3.73. The Labute approximate surface area is 125 Å². The smallest absolute Gasteiger partial charge is 0.251 e. The molecular weight excluding hydrogens is 266 g/mol. The number of anilines is 1. The van der Waals surface area contributed by atoms with E-state index in [0.717, 1.165) is 31.6 Å². The molecule has 0 unspecified atom stereocenters. The number of rotatable bonds is 5. The Hall–Kier alpha value is -2.04. The zero-order valence-electron chi connectivity index (χ0n) is 12.8. The van der Waals surface area contributed by atoms with Gasteiger partial charge in [-0.2, -0.15) is 0 Å². The molecule has 5 heteroatoms. The second-order valence-corrected chi connectivity index (χ2v) is 5.54. The molecule has 1 heterocycles. The van der Waals surface area contributed by atoms with Crippen LogP contribution in [-0.2, 0) is 4.79 Å². The average molecular weight is 289 g/mol. The summed E-state index contributed by atoms with van der Waals surface area (Å²) in [4.78, 5) is 27.7. The van der Waals surface area contributed by atoms with Crippen molar-refractivity contribution in [1.29, 1.82) is 0 Å². The van der Waals surface area contributed by atoms with Gasteiger partial charge in [-0.25, -0.2) is 0 Å². The van der Waals surface area contributed by atoms with Gasteiger partial charge in [-0.05, 0) is 37.1 Å². The number of carbonyl (C=O) groups is 2. The topological polar surface area (TPSA) is 52.7 Å². The standard InChI is InChI=1S/C16H23N3O2/c1-18(2)14-7-5-13(6-8-14)16(21)17-10-9-15(20)19-11-3-4-12-19/h5-8H,3-4,9-12H2,1-2H3,(H,17,21). The lowest BCUT2D eigenvalue weighted by Gasteiger charge is -2.15. The molecule has 1 saturated heterocycles. The zero-order valence-corrected chi connectivity index (χ0v) is 12.8. The van der Waals surface area contributed by atoms with Gasteiger partial charge in [0.15, 0.2) is 0 Å². The molecule has 0 saturated carbocycles. The van der Waals surface area contributed by atoms with E-state index < -0.39 is 0 Å². The summed E-state index contributed by atoms with van der Waals surface area (Å²) >= 11 is 0. The molecule has 1 aliphatic heterocycles. The van der Waals surface area contributed by atoms with Crippen molar-refractivity contribution in [3.8, 4) is 0 Å². The van der Waals surface area contributed by atoms with E-state index in [9.17, 15) is 9.59 Å². The molecule has 1 N–H and O–H groups in total. The Balaban J connectivity index is 1.77. The van der Waals surface area contributed by atoms with Gasteiger partial charge in [0.1, 0.15) is 0 Å². The van der Waals surface area contributed by atoms with Crippen LogP contribution in [0.4, 0.5) is 5.69 Å². The van der Waals surface area contributed by atoms with Gasteiger partial charge in [0, 0.05) is 51.4 Å². The second kappa shape index (κ2) is 7.11. The summed E-state index contributed by atoms with van der Waals surface area (Å²) in [7, 11) is 3.91. The first-order valence-electron chi connectivity index (χ1n) is 7.41. The molecule has 2 amide bonds. The van der Waals surface area contributed by atoms with E-state index >= 15 is 0 Å². The highest BCUT2D eigenvalue weighted by Gasteiger charge is 2.17. The van der Waals surface area contributed by atoms with Crippen molar-refractivity contribution in [2.75, 3.05) is 38.6 Å². The predicted molar refractivity (Wildman–Crippen MR) is 83.5 cm³/mol. The average Bonchev–Trinajstić information content (AvgIpc) is 3.01. The fraction of sp³-hybridized carbons (Fsp3) is 0.500. The lowest BCUT2D eigenvalue weighted by molar-refractivity contribution is -0.129. The van der Waals surface area contributed by atoms with Gasteiger partial charge < -0.3 is 15.1 Å². The highest BCUT2D eigenvalue weighted by Crippen LogP contribution is 2.12. The minimum absolute atomic E-state index is 0.130. The monoisotopic (exact) mass is 289 g/mol. The van der Waals surface area contributed by atoms with E-state index in [2.05, 4.69) is 5.32 Å². The summed E-state index contributed by atoms with van der Waals surface area (Å²) in [6, 6.07) is 7.41. The molecule has 1 fully saturated rings. The molecule has 2 rings (SSSR count). The summed E-state index contributed by atoms with van der Waals surface area (Å²) in [5, 5.41) is 2.80. The molecule has 1 aromatic rings. The van der Waals surface area contributed by atoms with Crippen LogP contribution in [0.15, 0.2) is 24.3 Å². The van der Waals surface area contributed by atoms with Crippen LogP contribution in [0.3, 0.4) is 0 Å². The Morgan fingerprint density at radius 1 is 1.14 bits per heavy atom. The molecule has 1 aromatic carbocycles. The zero-order chi connectivity index (χ0) is 15.2. The van der Waals surface area contributed by atoms with Crippen LogP contribution < -0.4 is 10.2 Å². The van der Waals surface area contributed by atoms with Gasteiger partial charge >= 0.3 is 0 Å². The summed E-state index contributed by atoms with van der Waals surface area (Å²) in [6.45, 7) is 2.11. The van der Waals surface area contributed by atoms with Crippen LogP contribution >= 0.6 is 0 Å². The van der Waals surface area contributed by atoms with Gasteiger partial charge in [-0.15, -0.1) is 0 Å². The molecule has 0 atom stereocenters. The number of likely N-dealkylation sites (tertiary alicyclic amines) is 1. The Morgan fingerprint density at radius 3 is 2.33 bits per heavy atom. The summed E-state index contributed by atoms with van der Waals surface area (Å²) in [5.74, 6) is 0.00489. The first-order chi connectivity index (χ1) is 10.1. The molecule has 0 bridgehead atoms. The first-order valence-corrected chi connectivity index (χ1v) is 7.41. The van der Waals surface area contributed by atoms with E-state index in [1.165, 1.54) is 0 Å². The first kappa shape index (κ1) is 15.4. The van der Waals surface area contributed by atoms with E-state index in [-0.39, 0.29) is 11.8 Å². The molecule has 0 spiro atoms.